The molecule has 5 nitrogen and oxygen atoms in total. The third-order valence-corrected chi connectivity index (χ3v) is 5.14. The van der Waals surface area contributed by atoms with E-state index >= 15 is 0 Å². The molecule has 0 aromatic heterocycles. The van der Waals surface area contributed by atoms with Crippen molar-refractivity contribution in [2.24, 2.45) is 17.8 Å². The van der Waals surface area contributed by atoms with Crippen LogP contribution in [-0.4, -0.2) is 36.9 Å². The van der Waals surface area contributed by atoms with E-state index < -0.39 is 11.9 Å². The summed E-state index contributed by atoms with van der Waals surface area (Å²) in [6.07, 6.45) is 3.11. The maximum atomic E-state index is 12.5. The lowest BCUT2D eigenvalue weighted by molar-refractivity contribution is -0.159. The van der Waals surface area contributed by atoms with Crippen LogP contribution in [-0.2, 0) is 23.9 Å². The van der Waals surface area contributed by atoms with E-state index in [0.29, 0.717) is 38.5 Å². The normalized spacial score (nSPS) is 34.5. The second kappa shape index (κ2) is 9.92. The van der Waals surface area contributed by atoms with Crippen molar-refractivity contribution >= 4 is 17.5 Å². The van der Waals surface area contributed by atoms with Gasteiger partial charge in [0.2, 0.25) is 0 Å². The van der Waals surface area contributed by atoms with Gasteiger partial charge in [0.1, 0.15) is 23.6 Å². The number of hydrogen-bond acceptors (Lipinski definition) is 5. The van der Waals surface area contributed by atoms with Gasteiger partial charge in [-0.1, -0.05) is 20.8 Å². The molecule has 1 aliphatic rings. The molecule has 1 fully saturated rings. The number of ketones is 2. The minimum Gasteiger partial charge on any atom is -0.462 e. The monoisotopic (exact) mass is 340 g/mol. The molecule has 0 radical (unpaired) electrons. The number of hydrogen-bond donors (Lipinski definition) is 0. The van der Waals surface area contributed by atoms with Crippen LogP contribution < -0.4 is 0 Å². The van der Waals surface area contributed by atoms with Crippen LogP contribution in [0.4, 0.5) is 0 Å². The molecule has 1 saturated heterocycles. The summed E-state index contributed by atoms with van der Waals surface area (Å²) in [6.45, 7) is 7.38. The standard InChI is InChI=1S/C19H32O5/c1-6-17-12(2)7-8-15(20)9-10-16(23-5)11-13(3)18(21)14(4)19(22)24-17/h12-14,16-17H,6-11H2,1-5H3. The highest BCUT2D eigenvalue weighted by Crippen LogP contribution is 2.23. The Morgan fingerprint density at radius 3 is 2.29 bits per heavy atom. The summed E-state index contributed by atoms with van der Waals surface area (Å²) in [6, 6.07) is 0. The van der Waals surface area contributed by atoms with Gasteiger partial charge in [-0.3, -0.25) is 14.4 Å². The molecular weight excluding hydrogens is 308 g/mol. The largest absolute Gasteiger partial charge is 0.462 e. The molecular formula is C19H32O5. The first-order chi connectivity index (χ1) is 11.3. The predicted octanol–water partition coefficient (Wildman–Crippen LogP) is 3.33. The van der Waals surface area contributed by atoms with Crippen molar-refractivity contribution in [2.75, 3.05) is 7.11 Å². The topological polar surface area (TPSA) is 69.7 Å². The molecule has 0 aliphatic carbocycles. The average Bonchev–Trinajstić information content (AvgIpc) is 2.58. The minimum atomic E-state index is -0.761. The van der Waals surface area contributed by atoms with Crippen LogP contribution in [0.25, 0.3) is 0 Å². The van der Waals surface area contributed by atoms with E-state index in [0.717, 1.165) is 0 Å². The van der Waals surface area contributed by atoms with Gasteiger partial charge in [0.25, 0.3) is 0 Å². The molecule has 0 saturated carbocycles. The highest BCUT2D eigenvalue weighted by atomic mass is 16.5. The van der Waals surface area contributed by atoms with Crippen LogP contribution >= 0.6 is 0 Å². The Hall–Kier alpha value is -1.23. The maximum Gasteiger partial charge on any atom is 0.316 e. The van der Waals surface area contributed by atoms with Crippen molar-refractivity contribution in [2.45, 2.75) is 78.4 Å². The first kappa shape index (κ1) is 20.8. The Morgan fingerprint density at radius 1 is 1.08 bits per heavy atom. The molecule has 0 bridgehead atoms. The molecule has 24 heavy (non-hydrogen) atoms. The van der Waals surface area contributed by atoms with Gasteiger partial charge in [-0.25, -0.2) is 0 Å². The van der Waals surface area contributed by atoms with Gasteiger partial charge in [-0.2, -0.15) is 0 Å². The zero-order valence-corrected chi connectivity index (χ0v) is 15.7. The Labute approximate surface area is 145 Å². The molecule has 0 aromatic rings. The van der Waals surface area contributed by atoms with Crippen LogP contribution in [0.3, 0.4) is 0 Å². The summed E-state index contributed by atoms with van der Waals surface area (Å²) in [5.74, 6) is -1.33. The van der Waals surface area contributed by atoms with Crippen molar-refractivity contribution in [3.05, 3.63) is 0 Å². The number of ether oxygens (including phenoxy) is 2. The number of esters is 1. The SMILES string of the molecule is CCC1OC(=O)C(C)C(=O)C(C)CC(OC)CCC(=O)CCC1C. The molecule has 0 aromatic carbocycles. The number of rotatable bonds is 2. The van der Waals surface area contributed by atoms with Gasteiger partial charge in [-0.05, 0) is 38.5 Å². The average molecular weight is 340 g/mol. The fourth-order valence-corrected chi connectivity index (χ4v) is 3.26. The van der Waals surface area contributed by atoms with E-state index in [1.54, 1.807) is 14.0 Å². The van der Waals surface area contributed by atoms with Crippen molar-refractivity contribution in [3.63, 3.8) is 0 Å². The van der Waals surface area contributed by atoms with Crippen LogP contribution in [0.1, 0.15) is 66.2 Å². The summed E-state index contributed by atoms with van der Waals surface area (Å²) in [5.41, 5.74) is 0. The van der Waals surface area contributed by atoms with E-state index in [-0.39, 0.29) is 35.6 Å². The zero-order chi connectivity index (χ0) is 18.3. The summed E-state index contributed by atoms with van der Waals surface area (Å²) < 4.78 is 11.0. The van der Waals surface area contributed by atoms with Crippen molar-refractivity contribution in [1.29, 1.82) is 0 Å². The Bertz CT molecular complexity index is 439. The molecule has 1 heterocycles. The zero-order valence-electron chi connectivity index (χ0n) is 15.7. The minimum absolute atomic E-state index is 0.101. The summed E-state index contributed by atoms with van der Waals surface area (Å²) in [5, 5.41) is 0. The van der Waals surface area contributed by atoms with Crippen LogP contribution in [0, 0.1) is 17.8 Å². The van der Waals surface area contributed by atoms with E-state index in [9.17, 15) is 14.4 Å². The van der Waals surface area contributed by atoms with E-state index in [1.807, 2.05) is 20.8 Å². The van der Waals surface area contributed by atoms with E-state index in [1.165, 1.54) is 0 Å². The molecule has 1 rings (SSSR count). The fourth-order valence-electron chi connectivity index (χ4n) is 3.26. The fraction of sp³-hybridized carbons (Fsp3) is 0.842. The summed E-state index contributed by atoms with van der Waals surface area (Å²) in [4.78, 5) is 36.9. The number of carbonyl (C=O) groups excluding carboxylic acids is 3. The number of Topliss-reactive ketones (excluding diaryl/α,β-unsaturated/α-hetero) is 2. The quantitative estimate of drug-likeness (QED) is 0.569. The molecule has 5 unspecified atom stereocenters. The summed E-state index contributed by atoms with van der Waals surface area (Å²) in [7, 11) is 1.60. The predicted molar refractivity (Wildman–Crippen MR) is 91.6 cm³/mol. The second-order valence-corrected chi connectivity index (χ2v) is 7.10. The van der Waals surface area contributed by atoms with E-state index in [2.05, 4.69) is 0 Å². The maximum absolute atomic E-state index is 12.5. The van der Waals surface area contributed by atoms with Gasteiger partial charge in [0, 0.05) is 25.9 Å². The van der Waals surface area contributed by atoms with Crippen LogP contribution in [0.15, 0.2) is 0 Å². The second-order valence-electron chi connectivity index (χ2n) is 7.10. The molecule has 1 aliphatic heterocycles. The van der Waals surface area contributed by atoms with Gasteiger partial charge >= 0.3 is 5.97 Å². The Morgan fingerprint density at radius 2 is 1.71 bits per heavy atom. The van der Waals surface area contributed by atoms with Gasteiger partial charge in [0.15, 0.2) is 0 Å². The number of methoxy groups -OCH3 is 1. The number of carbonyl (C=O) groups is 3. The lowest BCUT2D eigenvalue weighted by Gasteiger charge is -2.26. The van der Waals surface area contributed by atoms with Crippen molar-refractivity contribution in [3.8, 4) is 0 Å². The van der Waals surface area contributed by atoms with Crippen molar-refractivity contribution < 1.29 is 23.9 Å². The van der Waals surface area contributed by atoms with E-state index in [4.69, 9.17) is 9.47 Å². The van der Waals surface area contributed by atoms with Gasteiger partial charge < -0.3 is 9.47 Å². The molecule has 0 amide bonds. The molecule has 5 atom stereocenters. The molecule has 138 valence electrons. The van der Waals surface area contributed by atoms with Gasteiger partial charge in [-0.15, -0.1) is 0 Å². The van der Waals surface area contributed by atoms with Crippen LogP contribution in [0.5, 0.6) is 0 Å². The Balaban J connectivity index is 2.93. The highest BCUT2D eigenvalue weighted by molar-refractivity contribution is 5.99. The highest BCUT2D eigenvalue weighted by Gasteiger charge is 2.32. The van der Waals surface area contributed by atoms with Gasteiger partial charge in [0.05, 0.1) is 6.10 Å². The smallest absolute Gasteiger partial charge is 0.316 e. The summed E-state index contributed by atoms with van der Waals surface area (Å²) >= 11 is 0. The lowest BCUT2D eigenvalue weighted by Crippen LogP contribution is -2.34. The van der Waals surface area contributed by atoms with Crippen molar-refractivity contribution in [1.82, 2.24) is 0 Å². The first-order valence-corrected chi connectivity index (χ1v) is 9.08. The third-order valence-electron chi connectivity index (χ3n) is 5.14. The first-order valence-electron chi connectivity index (χ1n) is 9.08. The van der Waals surface area contributed by atoms with Crippen LogP contribution in [0.2, 0.25) is 0 Å². The number of cyclic esters (lactones) is 1. The lowest BCUT2D eigenvalue weighted by atomic mass is 9.88. The molecule has 5 heteroatoms. The molecule has 0 spiro atoms. The molecule has 0 N–H and O–H groups in total. The third kappa shape index (κ3) is 6.00. The Kier molecular flexibility index (Phi) is 8.60.